The van der Waals surface area contributed by atoms with Crippen molar-refractivity contribution in [1.29, 1.82) is 0 Å². The van der Waals surface area contributed by atoms with Crippen molar-refractivity contribution in [2.75, 3.05) is 5.32 Å². The number of rotatable bonds is 4. The molecule has 0 aromatic carbocycles. The number of nitrogens with one attached hydrogen (secondary N) is 1. The molecule has 0 saturated heterocycles. The van der Waals surface area contributed by atoms with Gasteiger partial charge in [0.05, 0.1) is 6.20 Å². The summed E-state index contributed by atoms with van der Waals surface area (Å²) >= 11 is 0. The minimum atomic E-state index is -0.805. The van der Waals surface area contributed by atoms with Gasteiger partial charge < -0.3 is 10.4 Å². The Morgan fingerprint density at radius 2 is 2.15 bits per heavy atom. The van der Waals surface area contributed by atoms with Gasteiger partial charge in [0.25, 0.3) is 0 Å². The molecule has 2 N–H and O–H groups in total. The maximum Gasteiger partial charge on any atom is 0.326 e. The van der Waals surface area contributed by atoms with Gasteiger partial charge in [-0.15, -0.1) is 0 Å². The van der Waals surface area contributed by atoms with Crippen molar-refractivity contribution < 1.29 is 9.90 Å². The average molecular weight is 274 g/mol. The van der Waals surface area contributed by atoms with E-state index in [1.807, 2.05) is 6.07 Å². The number of anilines is 1. The number of nitrogens with zero attached hydrogens (tertiary/aromatic N) is 3. The number of fused-ring (bicyclic) bond motifs is 1. The van der Waals surface area contributed by atoms with E-state index >= 15 is 0 Å². The van der Waals surface area contributed by atoms with Gasteiger partial charge in [0.1, 0.15) is 11.6 Å². The standard InChI is InChI=1S/C14H18N4O2/c19-14(20)12(10-4-2-1-3-5-10)17-13-11-6-7-16-18(11)9-8-15-13/h6-10,12H,1-5H2,(H,15,17)(H,19,20). The van der Waals surface area contributed by atoms with E-state index < -0.39 is 12.0 Å². The Morgan fingerprint density at radius 3 is 2.90 bits per heavy atom. The maximum atomic E-state index is 11.6. The van der Waals surface area contributed by atoms with Crippen LogP contribution in [0.1, 0.15) is 32.1 Å². The molecular formula is C14H18N4O2. The van der Waals surface area contributed by atoms with E-state index in [4.69, 9.17) is 0 Å². The van der Waals surface area contributed by atoms with Crippen LogP contribution in [0.5, 0.6) is 0 Å². The zero-order chi connectivity index (χ0) is 13.9. The predicted molar refractivity (Wildman–Crippen MR) is 74.6 cm³/mol. The zero-order valence-corrected chi connectivity index (χ0v) is 11.2. The number of aliphatic carboxylic acids is 1. The number of hydrogen-bond acceptors (Lipinski definition) is 4. The summed E-state index contributed by atoms with van der Waals surface area (Å²) in [5.41, 5.74) is 0.801. The first-order chi connectivity index (χ1) is 9.75. The molecule has 0 radical (unpaired) electrons. The molecule has 1 unspecified atom stereocenters. The van der Waals surface area contributed by atoms with Gasteiger partial charge >= 0.3 is 5.97 Å². The third-order valence-electron chi connectivity index (χ3n) is 4.00. The summed E-state index contributed by atoms with van der Waals surface area (Å²) in [7, 11) is 0. The Kier molecular flexibility index (Phi) is 3.54. The summed E-state index contributed by atoms with van der Waals surface area (Å²) in [5, 5.41) is 16.7. The van der Waals surface area contributed by atoms with Crippen molar-refractivity contribution in [2.45, 2.75) is 38.1 Å². The Balaban J connectivity index is 1.85. The summed E-state index contributed by atoms with van der Waals surface area (Å²) in [4.78, 5) is 15.8. The van der Waals surface area contributed by atoms with Crippen LogP contribution in [0.15, 0.2) is 24.7 Å². The predicted octanol–water partition coefficient (Wildman–Crippen LogP) is 2.17. The first-order valence-corrected chi connectivity index (χ1v) is 7.03. The minimum Gasteiger partial charge on any atom is -0.480 e. The minimum absolute atomic E-state index is 0.172. The molecule has 6 heteroatoms. The van der Waals surface area contributed by atoms with Crippen LogP contribution in [0.25, 0.3) is 5.52 Å². The van der Waals surface area contributed by atoms with Crippen LogP contribution in [0, 0.1) is 5.92 Å². The number of carbonyl (C=O) groups is 1. The van der Waals surface area contributed by atoms with Gasteiger partial charge in [-0.1, -0.05) is 19.3 Å². The topological polar surface area (TPSA) is 79.5 Å². The molecule has 0 bridgehead atoms. The highest BCUT2D eigenvalue weighted by molar-refractivity contribution is 5.80. The Labute approximate surface area is 116 Å². The number of carboxylic acid groups (broad SMARTS) is 1. The molecule has 20 heavy (non-hydrogen) atoms. The van der Waals surface area contributed by atoms with Crippen LogP contribution in [0.4, 0.5) is 5.82 Å². The molecule has 0 amide bonds. The van der Waals surface area contributed by atoms with E-state index in [0.717, 1.165) is 31.2 Å². The molecule has 2 aromatic rings. The molecule has 1 fully saturated rings. The molecule has 0 aliphatic heterocycles. The molecular weight excluding hydrogens is 256 g/mol. The molecule has 106 valence electrons. The number of hydrogen-bond donors (Lipinski definition) is 2. The Morgan fingerprint density at radius 1 is 1.35 bits per heavy atom. The van der Waals surface area contributed by atoms with Gasteiger partial charge in [-0.25, -0.2) is 14.3 Å². The molecule has 2 aromatic heterocycles. The van der Waals surface area contributed by atoms with Gasteiger partial charge in [0.2, 0.25) is 0 Å². The zero-order valence-electron chi connectivity index (χ0n) is 11.2. The van der Waals surface area contributed by atoms with Crippen LogP contribution in [-0.4, -0.2) is 31.7 Å². The third kappa shape index (κ3) is 2.45. The summed E-state index contributed by atoms with van der Waals surface area (Å²) in [6.07, 6.45) is 10.4. The second-order valence-electron chi connectivity index (χ2n) is 5.30. The maximum absolute atomic E-state index is 11.6. The van der Waals surface area contributed by atoms with E-state index in [1.54, 1.807) is 23.1 Å². The smallest absolute Gasteiger partial charge is 0.326 e. The van der Waals surface area contributed by atoms with Crippen molar-refractivity contribution >= 4 is 17.3 Å². The van der Waals surface area contributed by atoms with Gasteiger partial charge in [0, 0.05) is 12.4 Å². The fourth-order valence-corrected chi connectivity index (χ4v) is 2.96. The summed E-state index contributed by atoms with van der Waals surface area (Å²) in [6.45, 7) is 0. The second kappa shape index (κ2) is 5.48. The number of carboxylic acids is 1. The van der Waals surface area contributed by atoms with Crippen molar-refractivity contribution in [2.24, 2.45) is 5.92 Å². The molecule has 1 saturated carbocycles. The molecule has 6 nitrogen and oxygen atoms in total. The Hall–Kier alpha value is -2.11. The first-order valence-electron chi connectivity index (χ1n) is 7.03. The quantitative estimate of drug-likeness (QED) is 0.893. The second-order valence-corrected chi connectivity index (χ2v) is 5.30. The SMILES string of the molecule is O=C(O)C(Nc1nccn2nccc12)C1CCCCC1. The van der Waals surface area contributed by atoms with Gasteiger partial charge in [-0.3, -0.25) is 0 Å². The normalized spacial score (nSPS) is 18.0. The lowest BCUT2D eigenvalue weighted by Gasteiger charge is -2.28. The van der Waals surface area contributed by atoms with Crippen molar-refractivity contribution in [3.05, 3.63) is 24.7 Å². The van der Waals surface area contributed by atoms with Crippen LogP contribution in [0.3, 0.4) is 0 Å². The van der Waals surface area contributed by atoms with Gasteiger partial charge in [0.15, 0.2) is 5.82 Å². The van der Waals surface area contributed by atoms with Crippen LogP contribution in [0.2, 0.25) is 0 Å². The monoisotopic (exact) mass is 274 g/mol. The number of aromatic nitrogens is 3. The van der Waals surface area contributed by atoms with E-state index in [1.165, 1.54) is 6.42 Å². The lowest BCUT2D eigenvalue weighted by atomic mass is 9.84. The Bertz CT molecular complexity index is 604. The van der Waals surface area contributed by atoms with Crippen molar-refractivity contribution in [1.82, 2.24) is 14.6 Å². The van der Waals surface area contributed by atoms with Gasteiger partial charge in [-0.2, -0.15) is 5.10 Å². The van der Waals surface area contributed by atoms with Crippen LogP contribution in [-0.2, 0) is 4.79 Å². The van der Waals surface area contributed by atoms with Crippen LogP contribution < -0.4 is 5.32 Å². The van der Waals surface area contributed by atoms with Crippen LogP contribution >= 0.6 is 0 Å². The highest BCUT2D eigenvalue weighted by atomic mass is 16.4. The molecule has 2 heterocycles. The average Bonchev–Trinajstić information content (AvgIpc) is 2.94. The third-order valence-corrected chi connectivity index (χ3v) is 4.00. The first kappa shape index (κ1) is 12.9. The molecule has 0 spiro atoms. The summed E-state index contributed by atoms with van der Waals surface area (Å²) < 4.78 is 1.69. The van der Waals surface area contributed by atoms with Crippen molar-refractivity contribution in [3.8, 4) is 0 Å². The van der Waals surface area contributed by atoms with Gasteiger partial charge in [-0.05, 0) is 24.8 Å². The summed E-state index contributed by atoms with van der Waals surface area (Å²) in [5.74, 6) is -0.0468. The summed E-state index contributed by atoms with van der Waals surface area (Å²) in [6, 6.07) is 1.25. The van der Waals surface area contributed by atoms with Crippen molar-refractivity contribution in [3.63, 3.8) is 0 Å². The highest BCUT2D eigenvalue weighted by Gasteiger charge is 2.30. The van der Waals surface area contributed by atoms with E-state index in [9.17, 15) is 9.90 Å². The largest absolute Gasteiger partial charge is 0.480 e. The molecule has 1 atom stereocenters. The molecule has 1 aliphatic rings. The van der Waals surface area contributed by atoms with E-state index in [0.29, 0.717) is 5.82 Å². The highest BCUT2D eigenvalue weighted by Crippen LogP contribution is 2.28. The molecule has 3 rings (SSSR count). The fraction of sp³-hybridized carbons (Fsp3) is 0.500. The lowest BCUT2D eigenvalue weighted by Crippen LogP contribution is -2.38. The fourth-order valence-electron chi connectivity index (χ4n) is 2.96. The molecule has 1 aliphatic carbocycles. The van der Waals surface area contributed by atoms with E-state index in [2.05, 4.69) is 15.4 Å². The lowest BCUT2D eigenvalue weighted by molar-refractivity contribution is -0.139. The van der Waals surface area contributed by atoms with E-state index in [-0.39, 0.29) is 5.92 Å².